The zero-order valence-electron chi connectivity index (χ0n) is 15.0. The van der Waals surface area contributed by atoms with Gasteiger partial charge in [-0.15, -0.1) is 0 Å². The van der Waals surface area contributed by atoms with Crippen molar-refractivity contribution >= 4 is 33.3 Å². The van der Waals surface area contributed by atoms with E-state index in [0.717, 1.165) is 44.4 Å². The lowest BCUT2D eigenvalue weighted by molar-refractivity contribution is -0.136. The summed E-state index contributed by atoms with van der Waals surface area (Å²) in [5, 5.41) is 11.2. The molecule has 0 aliphatic heterocycles. The maximum Gasteiger partial charge on any atom is 0.418 e. The number of alkyl halides is 3. The van der Waals surface area contributed by atoms with E-state index in [1.807, 2.05) is 0 Å². The number of benzene rings is 2. The molecule has 0 atom stereocenters. The molecule has 2 aromatic rings. The molecule has 29 heavy (non-hydrogen) atoms. The van der Waals surface area contributed by atoms with Gasteiger partial charge >= 0.3 is 12.1 Å². The third-order valence-electron chi connectivity index (χ3n) is 3.59. The molecule has 3 N–H and O–H groups in total. The van der Waals surface area contributed by atoms with E-state index in [4.69, 9.17) is 9.84 Å². The average Bonchev–Trinajstić information content (AvgIpc) is 2.60. The van der Waals surface area contributed by atoms with Crippen molar-refractivity contribution in [1.82, 2.24) is 0 Å². The number of carboxylic acid groups (broad SMARTS) is 1. The number of anilines is 2. The fourth-order valence-corrected chi connectivity index (χ4v) is 3.64. The Labute approximate surface area is 163 Å². The van der Waals surface area contributed by atoms with Crippen molar-refractivity contribution in [3.8, 4) is 5.75 Å². The summed E-state index contributed by atoms with van der Waals surface area (Å²) in [7, 11) is -3.53. The summed E-state index contributed by atoms with van der Waals surface area (Å²) in [6, 6.07) is 5.41. The van der Waals surface area contributed by atoms with Crippen LogP contribution in [0.1, 0.15) is 22.8 Å². The molecule has 0 saturated heterocycles. The lowest BCUT2D eigenvalue weighted by Crippen LogP contribution is -2.19. The van der Waals surface area contributed by atoms with Gasteiger partial charge in [0.1, 0.15) is 10.6 Å². The fraction of sp³-hybridized carbons (Fsp3) is 0.176. The SMILES string of the molecule is COc1ccc(C(=O)O)cc1S(=O)(=O)Nc1ccc(NC(C)=O)cc1C(F)(F)F. The summed E-state index contributed by atoms with van der Waals surface area (Å²) in [4.78, 5) is 21.5. The van der Waals surface area contributed by atoms with Gasteiger partial charge in [0.2, 0.25) is 5.91 Å². The maximum absolute atomic E-state index is 13.4. The molecule has 0 heterocycles. The van der Waals surface area contributed by atoms with Crippen LogP contribution in [0.3, 0.4) is 0 Å². The van der Waals surface area contributed by atoms with Crippen LogP contribution in [-0.2, 0) is 21.0 Å². The van der Waals surface area contributed by atoms with E-state index in [-0.39, 0.29) is 11.4 Å². The summed E-state index contributed by atoms with van der Waals surface area (Å²) in [5.74, 6) is -2.30. The number of sulfonamides is 1. The van der Waals surface area contributed by atoms with Crippen LogP contribution in [0.15, 0.2) is 41.3 Å². The molecule has 0 bridgehead atoms. The third kappa shape index (κ3) is 5.16. The number of rotatable bonds is 6. The normalized spacial score (nSPS) is 11.6. The van der Waals surface area contributed by atoms with Crippen LogP contribution in [0.5, 0.6) is 5.75 Å². The molecule has 0 unspecified atom stereocenters. The van der Waals surface area contributed by atoms with Gasteiger partial charge in [0.25, 0.3) is 10.0 Å². The topological polar surface area (TPSA) is 122 Å². The summed E-state index contributed by atoms with van der Waals surface area (Å²) in [6.07, 6.45) is -4.95. The first-order chi connectivity index (χ1) is 13.3. The molecule has 8 nitrogen and oxygen atoms in total. The summed E-state index contributed by atoms with van der Waals surface area (Å²) < 4.78 is 72.3. The van der Waals surface area contributed by atoms with Gasteiger partial charge in [-0.3, -0.25) is 9.52 Å². The van der Waals surface area contributed by atoms with Crippen molar-refractivity contribution in [1.29, 1.82) is 0 Å². The van der Waals surface area contributed by atoms with Gasteiger partial charge < -0.3 is 15.2 Å². The van der Waals surface area contributed by atoms with E-state index >= 15 is 0 Å². The van der Waals surface area contributed by atoms with Crippen LogP contribution in [0, 0.1) is 0 Å². The minimum Gasteiger partial charge on any atom is -0.495 e. The fourth-order valence-electron chi connectivity index (χ4n) is 2.37. The van der Waals surface area contributed by atoms with Crippen LogP contribution in [-0.4, -0.2) is 32.5 Å². The first-order valence-electron chi connectivity index (χ1n) is 7.78. The number of carbonyl (C=O) groups excluding carboxylic acids is 1. The van der Waals surface area contributed by atoms with Crippen molar-refractivity contribution in [2.75, 3.05) is 17.1 Å². The first-order valence-corrected chi connectivity index (χ1v) is 9.26. The van der Waals surface area contributed by atoms with Gasteiger partial charge in [-0.05, 0) is 36.4 Å². The standard InChI is InChI=1S/C17H15F3N2O6S/c1-9(23)21-11-4-5-13(12(8-11)17(18,19)20)22-29(26,27)15-7-10(16(24)25)3-6-14(15)28-2/h3-8,22H,1-2H3,(H,21,23)(H,24,25). The molecule has 2 aromatic carbocycles. The van der Waals surface area contributed by atoms with Crippen LogP contribution < -0.4 is 14.8 Å². The molecule has 0 aliphatic rings. The first kappa shape index (κ1) is 22.0. The zero-order chi connectivity index (χ0) is 22.0. The number of ether oxygens (including phenoxy) is 1. The number of hydrogen-bond donors (Lipinski definition) is 3. The highest BCUT2D eigenvalue weighted by Gasteiger charge is 2.35. The highest BCUT2D eigenvalue weighted by molar-refractivity contribution is 7.92. The predicted molar refractivity (Wildman–Crippen MR) is 96.5 cm³/mol. The molecule has 0 radical (unpaired) electrons. The number of amides is 1. The second-order valence-corrected chi connectivity index (χ2v) is 7.37. The number of aromatic carboxylic acids is 1. The van der Waals surface area contributed by atoms with Gasteiger partial charge in [0, 0.05) is 12.6 Å². The number of nitrogens with one attached hydrogen (secondary N) is 2. The Bertz CT molecular complexity index is 1070. The van der Waals surface area contributed by atoms with E-state index in [0.29, 0.717) is 6.07 Å². The Morgan fingerprint density at radius 3 is 2.28 bits per heavy atom. The quantitative estimate of drug-likeness (QED) is 0.645. The van der Waals surface area contributed by atoms with E-state index in [1.165, 1.54) is 0 Å². The molecule has 0 aromatic heterocycles. The Balaban J connectivity index is 2.56. The van der Waals surface area contributed by atoms with Crippen LogP contribution in [0.25, 0.3) is 0 Å². The van der Waals surface area contributed by atoms with Gasteiger partial charge in [-0.25, -0.2) is 13.2 Å². The third-order valence-corrected chi connectivity index (χ3v) is 4.98. The van der Waals surface area contributed by atoms with E-state index in [1.54, 1.807) is 4.72 Å². The predicted octanol–water partition coefficient (Wildman–Crippen LogP) is 3.17. The Morgan fingerprint density at radius 1 is 1.10 bits per heavy atom. The number of hydrogen-bond acceptors (Lipinski definition) is 5. The van der Waals surface area contributed by atoms with Crippen molar-refractivity contribution < 1.29 is 41.0 Å². The minimum absolute atomic E-state index is 0.182. The lowest BCUT2D eigenvalue weighted by Gasteiger charge is -2.17. The molecule has 0 saturated carbocycles. The van der Waals surface area contributed by atoms with Crippen LogP contribution in [0.2, 0.25) is 0 Å². The average molecular weight is 432 g/mol. The number of carbonyl (C=O) groups is 2. The largest absolute Gasteiger partial charge is 0.495 e. The van der Waals surface area contributed by atoms with Gasteiger partial charge in [0.15, 0.2) is 0 Å². The van der Waals surface area contributed by atoms with Gasteiger partial charge in [-0.2, -0.15) is 13.2 Å². The van der Waals surface area contributed by atoms with Gasteiger partial charge in [-0.1, -0.05) is 0 Å². The summed E-state index contributed by atoms with van der Waals surface area (Å²) in [6.45, 7) is 1.10. The molecule has 2 rings (SSSR count). The second-order valence-electron chi connectivity index (χ2n) is 5.72. The van der Waals surface area contributed by atoms with Crippen molar-refractivity contribution in [3.63, 3.8) is 0 Å². The van der Waals surface area contributed by atoms with Crippen LogP contribution in [0.4, 0.5) is 24.5 Å². The molecule has 12 heteroatoms. The highest BCUT2D eigenvalue weighted by atomic mass is 32.2. The summed E-state index contributed by atoms with van der Waals surface area (Å²) in [5.41, 5.74) is -2.74. The molecule has 0 spiro atoms. The van der Waals surface area contributed by atoms with Crippen LogP contribution >= 0.6 is 0 Å². The highest BCUT2D eigenvalue weighted by Crippen LogP contribution is 2.38. The monoisotopic (exact) mass is 432 g/mol. The molecular formula is C17H15F3N2O6S. The van der Waals surface area contributed by atoms with E-state index in [9.17, 15) is 31.2 Å². The molecule has 156 valence electrons. The van der Waals surface area contributed by atoms with E-state index < -0.39 is 49.8 Å². The molecule has 1 amide bonds. The maximum atomic E-state index is 13.4. The molecule has 0 fully saturated rings. The number of carboxylic acids is 1. The lowest BCUT2D eigenvalue weighted by atomic mass is 10.1. The smallest absolute Gasteiger partial charge is 0.418 e. The minimum atomic E-state index is -4.95. The van der Waals surface area contributed by atoms with Gasteiger partial charge in [0.05, 0.1) is 23.9 Å². The van der Waals surface area contributed by atoms with Crippen molar-refractivity contribution in [2.45, 2.75) is 18.0 Å². The van der Waals surface area contributed by atoms with E-state index in [2.05, 4.69) is 5.32 Å². The summed E-state index contributed by atoms with van der Waals surface area (Å²) >= 11 is 0. The zero-order valence-corrected chi connectivity index (χ0v) is 15.8. The van der Waals surface area contributed by atoms with Crippen molar-refractivity contribution in [3.05, 3.63) is 47.5 Å². The molecule has 0 aliphatic carbocycles. The number of halogens is 3. The van der Waals surface area contributed by atoms with Crippen molar-refractivity contribution in [2.24, 2.45) is 0 Å². The second kappa shape index (κ2) is 7.99. The molecular weight excluding hydrogens is 417 g/mol. The Morgan fingerprint density at radius 2 is 1.76 bits per heavy atom. The Kier molecular flexibility index (Phi) is 6.07. The number of methoxy groups -OCH3 is 1. The Hall–Kier alpha value is -3.28.